The molecule has 0 fully saturated rings. The van der Waals surface area contributed by atoms with E-state index in [-0.39, 0.29) is 17.3 Å². The van der Waals surface area contributed by atoms with Crippen LogP contribution in [0.5, 0.6) is 0 Å². The number of nitrogens with one attached hydrogen (secondary N) is 1. The van der Waals surface area contributed by atoms with E-state index >= 15 is 0 Å². The van der Waals surface area contributed by atoms with Gasteiger partial charge >= 0.3 is 0 Å². The summed E-state index contributed by atoms with van der Waals surface area (Å²) in [5.74, 6) is -1.43. The zero-order valence-corrected chi connectivity index (χ0v) is 11.0. The molecule has 104 valence electrons. The minimum atomic E-state index is -0.777. The zero-order chi connectivity index (χ0) is 14.6. The van der Waals surface area contributed by atoms with Crippen LogP contribution in [0.15, 0.2) is 18.2 Å². The second-order valence-electron chi connectivity index (χ2n) is 4.44. The van der Waals surface area contributed by atoms with Gasteiger partial charge in [0.2, 0.25) is 0 Å². The van der Waals surface area contributed by atoms with Crippen LogP contribution >= 0.6 is 0 Å². The van der Waals surface area contributed by atoms with E-state index in [1.807, 2.05) is 25.9 Å². The van der Waals surface area contributed by atoms with Crippen molar-refractivity contribution < 1.29 is 14.1 Å². The Morgan fingerprint density at radius 3 is 2.68 bits per heavy atom. The number of hydrogen-bond donors (Lipinski definition) is 1. The Balaban J connectivity index is 2.82. The summed E-state index contributed by atoms with van der Waals surface area (Å²) in [4.78, 5) is 23.6. The van der Waals surface area contributed by atoms with Gasteiger partial charge in [-0.3, -0.25) is 14.9 Å². The van der Waals surface area contributed by atoms with Crippen LogP contribution in [0.4, 0.5) is 10.1 Å². The highest BCUT2D eigenvalue weighted by molar-refractivity contribution is 5.95. The average Bonchev–Trinajstić information content (AvgIpc) is 2.35. The molecule has 0 aliphatic rings. The number of nitro groups is 1. The maximum absolute atomic E-state index is 13.5. The Labute approximate surface area is 110 Å². The van der Waals surface area contributed by atoms with Gasteiger partial charge in [0.25, 0.3) is 11.6 Å². The van der Waals surface area contributed by atoms with Crippen LogP contribution < -0.4 is 5.32 Å². The molecule has 1 atom stereocenters. The molecule has 0 saturated heterocycles. The number of likely N-dealkylation sites (N-methyl/N-ethyl adjacent to an activating group) is 1. The van der Waals surface area contributed by atoms with Gasteiger partial charge in [-0.1, -0.05) is 0 Å². The molecule has 1 rings (SSSR count). The molecule has 0 heterocycles. The molecule has 0 saturated carbocycles. The molecule has 1 N–H and O–H groups in total. The smallest absolute Gasteiger partial charge is 0.270 e. The first-order chi connectivity index (χ1) is 8.82. The van der Waals surface area contributed by atoms with E-state index in [1.54, 1.807) is 0 Å². The second-order valence-corrected chi connectivity index (χ2v) is 4.44. The minimum Gasteiger partial charge on any atom is -0.350 e. The number of hydrogen-bond acceptors (Lipinski definition) is 4. The summed E-state index contributed by atoms with van der Waals surface area (Å²) in [6.45, 7) is 2.22. The lowest BCUT2D eigenvalue weighted by Gasteiger charge is -2.19. The molecule has 0 spiro atoms. The quantitative estimate of drug-likeness (QED) is 0.648. The number of carbonyl (C=O) groups is 1. The summed E-state index contributed by atoms with van der Waals surface area (Å²) in [7, 11) is 3.70. The summed E-state index contributed by atoms with van der Waals surface area (Å²) in [6.07, 6.45) is 0. The van der Waals surface area contributed by atoms with Crippen molar-refractivity contribution in [3.63, 3.8) is 0 Å². The van der Waals surface area contributed by atoms with E-state index in [0.29, 0.717) is 6.54 Å². The highest BCUT2D eigenvalue weighted by Crippen LogP contribution is 2.16. The predicted molar refractivity (Wildman–Crippen MR) is 68.5 cm³/mol. The molecule has 1 amide bonds. The average molecular weight is 269 g/mol. The molecule has 6 nitrogen and oxygen atoms in total. The monoisotopic (exact) mass is 269 g/mol. The molecular formula is C12H16FN3O3. The summed E-state index contributed by atoms with van der Waals surface area (Å²) in [5.41, 5.74) is -0.632. The fourth-order valence-electron chi connectivity index (χ4n) is 1.32. The van der Waals surface area contributed by atoms with E-state index in [4.69, 9.17) is 0 Å². The van der Waals surface area contributed by atoms with Crippen molar-refractivity contribution in [3.8, 4) is 0 Å². The van der Waals surface area contributed by atoms with Crippen LogP contribution in [-0.2, 0) is 0 Å². The van der Waals surface area contributed by atoms with Crippen molar-refractivity contribution in [3.05, 3.63) is 39.7 Å². The number of nitro benzene ring substituents is 1. The van der Waals surface area contributed by atoms with Gasteiger partial charge in [-0.25, -0.2) is 4.39 Å². The van der Waals surface area contributed by atoms with Crippen molar-refractivity contribution in [2.75, 3.05) is 20.6 Å². The van der Waals surface area contributed by atoms with Gasteiger partial charge in [0, 0.05) is 24.7 Å². The number of non-ortho nitro benzene ring substituents is 1. The molecule has 1 aromatic carbocycles. The molecule has 1 aromatic rings. The van der Waals surface area contributed by atoms with Gasteiger partial charge in [-0.2, -0.15) is 0 Å². The van der Waals surface area contributed by atoms with Gasteiger partial charge in [0.1, 0.15) is 5.82 Å². The van der Waals surface area contributed by atoms with Gasteiger partial charge in [-0.15, -0.1) is 0 Å². The Bertz CT molecular complexity index is 491. The first-order valence-electron chi connectivity index (χ1n) is 5.71. The SMILES string of the molecule is CC(CNC(=O)c1cc([N+](=O)[O-])ccc1F)N(C)C. The van der Waals surface area contributed by atoms with Crippen molar-refractivity contribution in [1.82, 2.24) is 10.2 Å². The number of carbonyl (C=O) groups excluding carboxylic acids is 1. The maximum atomic E-state index is 13.5. The zero-order valence-electron chi connectivity index (χ0n) is 11.0. The van der Waals surface area contributed by atoms with Crippen molar-refractivity contribution in [2.45, 2.75) is 13.0 Å². The Morgan fingerprint density at radius 2 is 2.16 bits per heavy atom. The lowest BCUT2D eigenvalue weighted by molar-refractivity contribution is -0.384. The fourth-order valence-corrected chi connectivity index (χ4v) is 1.32. The van der Waals surface area contributed by atoms with Crippen molar-refractivity contribution in [2.24, 2.45) is 0 Å². The summed E-state index contributed by atoms with van der Waals surface area (Å²) in [5, 5.41) is 13.1. The van der Waals surface area contributed by atoms with Gasteiger partial charge in [0.15, 0.2) is 0 Å². The van der Waals surface area contributed by atoms with Gasteiger partial charge < -0.3 is 10.2 Å². The number of nitrogens with zero attached hydrogens (tertiary/aromatic N) is 2. The first kappa shape index (κ1) is 15.0. The second kappa shape index (κ2) is 6.24. The Kier molecular flexibility index (Phi) is 4.94. The van der Waals surface area contributed by atoms with E-state index in [1.165, 1.54) is 0 Å². The Hall–Kier alpha value is -2.02. The van der Waals surface area contributed by atoms with Crippen LogP contribution in [-0.4, -0.2) is 42.4 Å². The first-order valence-corrected chi connectivity index (χ1v) is 5.71. The van der Waals surface area contributed by atoms with E-state index in [2.05, 4.69) is 5.32 Å². The van der Waals surface area contributed by atoms with Crippen LogP contribution in [0.25, 0.3) is 0 Å². The highest BCUT2D eigenvalue weighted by atomic mass is 19.1. The lowest BCUT2D eigenvalue weighted by atomic mass is 10.1. The van der Waals surface area contributed by atoms with E-state index in [0.717, 1.165) is 18.2 Å². The van der Waals surface area contributed by atoms with Gasteiger partial charge in [0.05, 0.1) is 10.5 Å². The minimum absolute atomic E-state index is 0.0747. The molecule has 0 radical (unpaired) electrons. The molecule has 0 aromatic heterocycles. The summed E-state index contributed by atoms with van der Waals surface area (Å²) < 4.78 is 13.5. The molecule has 19 heavy (non-hydrogen) atoms. The third-order valence-electron chi connectivity index (χ3n) is 2.84. The summed E-state index contributed by atoms with van der Waals surface area (Å²) >= 11 is 0. The maximum Gasteiger partial charge on any atom is 0.270 e. The standard InChI is InChI=1S/C12H16FN3O3/c1-8(15(2)3)7-14-12(17)10-6-9(16(18)19)4-5-11(10)13/h4-6,8H,7H2,1-3H3,(H,14,17). The largest absolute Gasteiger partial charge is 0.350 e. The number of halogens is 1. The van der Waals surface area contributed by atoms with E-state index in [9.17, 15) is 19.3 Å². The fraction of sp³-hybridized carbons (Fsp3) is 0.417. The molecule has 0 bridgehead atoms. The predicted octanol–water partition coefficient (Wildman–Crippen LogP) is 1.41. The number of amides is 1. The van der Waals surface area contributed by atoms with Crippen molar-refractivity contribution >= 4 is 11.6 Å². The van der Waals surface area contributed by atoms with Crippen molar-refractivity contribution in [1.29, 1.82) is 0 Å². The third-order valence-corrected chi connectivity index (χ3v) is 2.84. The topological polar surface area (TPSA) is 75.5 Å². The van der Waals surface area contributed by atoms with Crippen LogP contribution in [0, 0.1) is 15.9 Å². The molecule has 7 heteroatoms. The number of rotatable bonds is 5. The highest BCUT2D eigenvalue weighted by Gasteiger charge is 2.17. The Morgan fingerprint density at radius 1 is 1.53 bits per heavy atom. The molecular weight excluding hydrogens is 253 g/mol. The van der Waals surface area contributed by atoms with E-state index < -0.39 is 16.6 Å². The van der Waals surface area contributed by atoms with Crippen LogP contribution in [0.3, 0.4) is 0 Å². The number of benzene rings is 1. The summed E-state index contributed by atoms with van der Waals surface area (Å²) in [6, 6.07) is 2.95. The molecule has 0 aliphatic carbocycles. The third kappa shape index (κ3) is 3.99. The molecule has 0 aliphatic heterocycles. The normalized spacial score (nSPS) is 12.3. The molecule has 1 unspecified atom stereocenters. The lowest BCUT2D eigenvalue weighted by Crippen LogP contribution is -2.38. The van der Waals surface area contributed by atoms with Gasteiger partial charge in [-0.05, 0) is 27.1 Å². The van der Waals surface area contributed by atoms with Crippen LogP contribution in [0.1, 0.15) is 17.3 Å². The van der Waals surface area contributed by atoms with Crippen LogP contribution in [0.2, 0.25) is 0 Å².